The van der Waals surface area contributed by atoms with Gasteiger partial charge in [-0.2, -0.15) is 0 Å². The minimum atomic E-state index is -0.640. The number of amides is 2. The Morgan fingerprint density at radius 3 is 2.18 bits per heavy atom. The van der Waals surface area contributed by atoms with Crippen LogP contribution in [0.4, 0.5) is 0 Å². The number of carbonyl (C=O) groups excluding carboxylic acids is 2. The lowest BCUT2D eigenvalue weighted by Crippen LogP contribution is -2.46. The molecule has 0 aromatic rings. The number of hydrogen-bond donors (Lipinski definition) is 0. The van der Waals surface area contributed by atoms with E-state index >= 15 is 0 Å². The molecule has 0 bridgehead atoms. The molecule has 0 aromatic carbocycles. The van der Waals surface area contributed by atoms with Crippen LogP contribution in [0.5, 0.6) is 0 Å². The molecular weight excluding hydrogens is 284 g/mol. The Morgan fingerprint density at radius 2 is 1.73 bits per heavy atom. The molecule has 6 nitrogen and oxygen atoms in total. The average molecular weight is 306 g/mol. The van der Waals surface area contributed by atoms with Crippen LogP contribution in [0.3, 0.4) is 0 Å². The van der Waals surface area contributed by atoms with Gasteiger partial charge in [0, 0.05) is 12.5 Å². The van der Waals surface area contributed by atoms with E-state index in [9.17, 15) is 9.59 Å². The van der Waals surface area contributed by atoms with Crippen molar-refractivity contribution in [2.75, 3.05) is 14.1 Å². The third-order valence-corrected chi connectivity index (χ3v) is 3.93. The first-order valence-electron chi connectivity index (χ1n) is 7.25. The Balaban J connectivity index is 2.11. The highest BCUT2D eigenvalue weighted by molar-refractivity contribution is 6.21. The number of imide groups is 1. The first-order chi connectivity index (χ1) is 10.4. The summed E-state index contributed by atoms with van der Waals surface area (Å²) >= 11 is 0. The van der Waals surface area contributed by atoms with Crippen LogP contribution in [0, 0.1) is 0 Å². The highest BCUT2D eigenvalue weighted by atomic mass is 16.8. The van der Waals surface area contributed by atoms with Crippen molar-refractivity contribution in [3.05, 3.63) is 36.5 Å². The molecule has 2 aliphatic heterocycles. The van der Waals surface area contributed by atoms with Crippen LogP contribution in [0.25, 0.3) is 0 Å². The maximum atomic E-state index is 12.2. The second-order valence-electron chi connectivity index (χ2n) is 5.71. The molecule has 2 aliphatic rings. The van der Waals surface area contributed by atoms with Gasteiger partial charge in [-0.05, 0) is 27.4 Å². The Morgan fingerprint density at radius 1 is 1.18 bits per heavy atom. The highest BCUT2D eigenvalue weighted by Gasteiger charge is 2.40. The van der Waals surface area contributed by atoms with Gasteiger partial charge in [0.15, 0.2) is 6.29 Å². The zero-order chi connectivity index (χ0) is 16.4. The fraction of sp³-hybridized carbons (Fsp3) is 0.500. The molecule has 22 heavy (non-hydrogen) atoms. The predicted molar refractivity (Wildman–Crippen MR) is 81.4 cm³/mol. The summed E-state index contributed by atoms with van der Waals surface area (Å²) in [6.07, 6.45) is 3.49. The van der Waals surface area contributed by atoms with Gasteiger partial charge in [-0.3, -0.25) is 9.59 Å². The lowest BCUT2D eigenvalue weighted by atomic mass is 10.0. The molecule has 0 saturated carbocycles. The van der Waals surface area contributed by atoms with Gasteiger partial charge >= 0.3 is 0 Å². The Hall–Kier alpha value is -1.76. The first-order valence-corrected chi connectivity index (χ1v) is 7.25. The fourth-order valence-electron chi connectivity index (χ4n) is 2.71. The van der Waals surface area contributed by atoms with E-state index in [1.807, 2.05) is 21.0 Å². The summed E-state index contributed by atoms with van der Waals surface area (Å²) in [4.78, 5) is 32.1. The molecule has 0 aromatic heterocycles. The summed E-state index contributed by atoms with van der Waals surface area (Å²) in [5.41, 5.74) is 0.404. The van der Waals surface area contributed by atoms with E-state index in [0.717, 1.165) is 11.5 Å². The molecule has 0 N–H and O–H groups in total. The van der Waals surface area contributed by atoms with E-state index in [1.165, 1.54) is 12.2 Å². The van der Waals surface area contributed by atoms with E-state index in [0.29, 0.717) is 6.42 Å². The summed E-state index contributed by atoms with van der Waals surface area (Å²) in [6, 6.07) is 0.271. The molecule has 2 heterocycles. The average Bonchev–Trinajstić information content (AvgIpc) is 2.69. The van der Waals surface area contributed by atoms with Crippen molar-refractivity contribution < 1.29 is 19.2 Å². The fourth-order valence-corrected chi connectivity index (χ4v) is 2.71. The summed E-state index contributed by atoms with van der Waals surface area (Å²) < 4.78 is 5.70. The molecule has 2 amide bonds. The molecule has 1 saturated heterocycles. The zero-order valence-corrected chi connectivity index (χ0v) is 13.2. The first kappa shape index (κ1) is 16.6. The number of carbonyl (C=O) groups is 2. The monoisotopic (exact) mass is 306 g/mol. The second kappa shape index (κ2) is 6.56. The molecule has 0 radical (unpaired) electrons. The Kier molecular flexibility index (Phi) is 4.95. The smallest absolute Gasteiger partial charge is 0.285 e. The molecular formula is C16H22N2O4. The van der Waals surface area contributed by atoms with Crippen molar-refractivity contribution in [3.63, 3.8) is 0 Å². The van der Waals surface area contributed by atoms with Gasteiger partial charge < -0.3 is 9.64 Å². The molecule has 1 fully saturated rings. The maximum absolute atomic E-state index is 12.2. The van der Waals surface area contributed by atoms with Gasteiger partial charge in [-0.15, -0.1) is 5.06 Å². The third kappa shape index (κ3) is 3.04. The van der Waals surface area contributed by atoms with Crippen LogP contribution in [0.2, 0.25) is 0 Å². The van der Waals surface area contributed by atoms with Crippen LogP contribution in [-0.4, -0.2) is 54.3 Å². The summed E-state index contributed by atoms with van der Waals surface area (Å²) in [7, 11) is 3.97. The molecule has 3 unspecified atom stereocenters. The molecule has 2 rings (SSSR count). The summed E-state index contributed by atoms with van der Waals surface area (Å²) in [6.45, 7) is 9.06. The largest absolute Gasteiger partial charge is 0.347 e. The molecule has 3 atom stereocenters. The van der Waals surface area contributed by atoms with E-state index in [-0.39, 0.29) is 23.3 Å². The minimum absolute atomic E-state index is 0.00957. The molecule has 120 valence electrons. The topological polar surface area (TPSA) is 59.1 Å². The zero-order valence-electron chi connectivity index (χ0n) is 13.2. The van der Waals surface area contributed by atoms with Crippen LogP contribution in [0.15, 0.2) is 36.5 Å². The van der Waals surface area contributed by atoms with E-state index in [4.69, 9.17) is 9.57 Å². The van der Waals surface area contributed by atoms with Crippen molar-refractivity contribution in [3.8, 4) is 0 Å². The third-order valence-electron chi connectivity index (χ3n) is 3.93. The second-order valence-corrected chi connectivity index (χ2v) is 5.71. The Labute approximate surface area is 130 Å². The number of hydroxylamine groups is 2. The van der Waals surface area contributed by atoms with E-state index in [1.54, 1.807) is 0 Å². The van der Waals surface area contributed by atoms with Crippen molar-refractivity contribution in [2.24, 2.45) is 0 Å². The van der Waals surface area contributed by atoms with Crippen LogP contribution >= 0.6 is 0 Å². The van der Waals surface area contributed by atoms with Crippen LogP contribution < -0.4 is 0 Å². The molecule has 0 spiro atoms. The lowest BCUT2D eigenvalue weighted by molar-refractivity contribution is -0.284. The maximum Gasteiger partial charge on any atom is 0.285 e. The highest BCUT2D eigenvalue weighted by Crippen LogP contribution is 2.28. The van der Waals surface area contributed by atoms with Gasteiger partial charge in [-0.25, -0.2) is 4.84 Å². The van der Waals surface area contributed by atoms with Gasteiger partial charge in [0.1, 0.15) is 0 Å². The van der Waals surface area contributed by atoms with Crippen molar-refractivity contribution in [1.82, 2.24) is 9.96 Å². The lowest BCUT2D eigenvalue weighted by Gasteiger charge is -2.37. The van der Waals surface area contributed by atoms with Crippen LogP contribution in [-0.2, 0) is 19.2 Å². The van der Waals surface area contributed by atoms with Gasteiger partial charge in [0.25, 0.3) is 11.8 Å². The van der Waals surface area contributed by atoms with Gasteiger partial charge in [-0.1, -0.05) is 25.3 Å². The molecule has 0 aliphatic carbocycles. The predicted octanol–water partition coefficient (Wildman–Crippen LogP) is 1.41. The standard InChI is InChI=1S/C16H22N2O4/c1-6-12-13(7-2)16(20)18(15(12)19)22-14-9-11(17(4)5)8-10(3)21-14/h6-7,10-11,14H,1-2,8-9H2,3-5H3. The van der Waals surface area contributed by atoms with Crippen molar-refractivity contribution >= 4 is 11.8 Å². The van der Waals surface area contributed by atoms with Crippen LogP contribution in [0.1, 0.15) is 19.8 Å². The summed E-state index contributed by atoms with van der Waals surface area (Å²) in [5, 5.41) is 0.753. The normalized spacial score (nSPS) is 29.5. The van der Waals surface area contributed by atoms with E-state index < -0.39 is 18.1 Å². The number of ether oxygens (including phenoxy) is 1. The quantitative estimate of drug-likeness (QED) is 0.719. The SMILES string of the molecule is C=CC1=C(C=C)C(=O)N(OC2CC(N(C)C)CC(C)O2)C1=O. The minimum Gasteiger partial charge on any atom is -0.347 e. The number of hydrogen-bond acceptors (Lipinski definition) is 5. The molecule has 6 heteroatoms. The summed E-state index contributed by atoms with van der Waals surface area (Å²) in [5.74, 6) is -1.06. The number of nitrogens with zero attached hydrogens (tertiary/aromatic N) is 2. The Bertz CT molecular complexity index is 508. The van der Waals surface area contributed by atoms with Crippen molar-refractivity contribution in [2.45, 2.75) is 38.2 Å². The van der Waals surface area contributed by atoms with Gasteiger partial charge in [0.05, 0.1) is 17.3 Å². The van der Waals surface area contributed by atoms with Gasteiger partial charge in [0.2, 0.25) is 0 Å². The number of rotatable bonds is 5. The van der Waals surface area contributed by atoms with Crippen molar-refractivity contribution in [1.29, 1.82) is 0 Å². The van der Waals surface area contributed by atoms with E-state index in [2.05, 4.69) is 18.1 Å².